The summed E-state index contributed by atoms with van der Waals surface area (Å²) in [5, 5.41) is 30.3. The van der Waals surface area contributed by atoms with Crippen molar-refractivity contribution in [2.75, 3.05) is 12.3 Å². The number of primary amides is 1. The summed E-state index contributed by atoms with van der Waals surface area (Å²) in [7, 11) is 0. The van der Waals surface area contributed by atoms with Crippen LogP contribution in [0.4, 0.5) is 5.82 Å². The Kier molecular flexibility index (Phi) is 5.79. The number of amides is 1. The number of ether oxygens (including phenoxy) is 1. The van der Waals surface area contributed by atoms with Crippen molar-refractivity contribution in [2.45, 2.75) is 36.6 Å². The van der Waals surface area contributed by atoms with E-state index < -0.39 is 53.7 Å². The van der Waals surface area contributed by atoms with Crippen LogP contribution in [0, 0.1) is 17.2 Å². The maximum atomic E-state index is 12.1. The number of nitrogens with two attached hydrogens (primary N) is 3. The van der Waals surface area contributed by atoms with Crippen LogP contribution in [-0.4, -0.2) is 56.5 Å². The first-order valence-corrected chi connectivity index (χ1v) is 7.96. The van der Waals surface area contributed by atoms with Gasteiger partial charge in [0.15, 0.2) is 5.54 Å². The second-order valence-electron chi connectivity index (χ2n) is 6.35. The summed E-state index contributed by atoms with van der Waals surface area (Å²) in [5.41, 5.74) is 13.1. The molecule has 12 heteroatoms. The normalized spacial score (nSPS) is 28.3. The first kappa shape index (κ1) is 20.3. The zero-order valence-electron chi connectivity index (χ0n) is 14.2. The van der Waals surface area contributed by atoms with Crippen LogP contribution in [-0.2, 0) is 19.9 Å². The van der Waals surface area contributed by atoms with Crippen molar-refractivity contribution in [1.29, 1.82) is 5.26 Å². The molecule has 0 aromatic carbocycles. The van der Waals surface area contributed by atoms with Gasteiger partial charge in [0, 0.05) is 12.1 Å². The molecule has 1 aromatic heterocycles. The highest BCUT2D eigenvalue weighted by molar-refractivity contribution is 5.84. The first-order chi connectivity index (χ1) is 12.6. The molecule has 1 saturated carbocycles. The van der Waals surface area contributed by atoms with Gasteiger partial charge in [-0.25, -0.2) is 4.79 Å². The van der Waals surface area contributed by atoms with E-state index in [0.29, 0.717) is 0 Å². The highest BCUT2D eigenvalue weighted by atomic mass is 16.5. The molecule has 1 fully saturated rings. The Morgan fingerprint density at radius 2 is 2.19 bits per heavy atom. The number of nitrogens with zero attached hydrogens (tertiary/aromatic N) is 3. The molecule has 1 aliphatic rings. The van der Waals surface area contributed by atoms with Crippen LogP contribution in [0.3, 0.4) is 0 Å². The van der Waals surface area contributed by atoms with Crippen molar-refractivity contribution in [1.82, 2.24) is 9.55 Å². The summed E-state index contributed by atoms with van der Waals surface area (Å²) in [6.45, 7) is -0.385. The number of anilines is 1. The van der Waals surface area contributed by atoms with Gasteiger partial charge in [0.2, 0.25) is 5.91 Å². The van der Waals surface area contributed by atoms with Gasteiger partial charge in [-0.2, -0.15) is 10.2 Å². The van der Waals surface area contributed by atoms with Crippen molar-refractivity contribution < 1.29 is 24.5 Å². The third kappa shape index (κ3) is 3.90. The minimum Gasteiger partial charge on any atom is -0.464 e. The number of aromatic nitrogens is 2. The Balaban J connectivity index is 2.19. The average Bonchev–Trinajstić information content (AvgIpc) is 2.84. The molecule has 5 atom stereocenters. The Morgan fingerprint density at radius 1 is 1.52 bits per heavy atom. The molecule has 1 aromatic rings. The lowest BCUT2D eigenvalue weighted by Gasteiger charge is -2.27. The van der Waals surface area contributed by atoms with Crippen LogP contribution in [0.25, 0.3) is 0 Å². The second kappa shape index (κ2) is 7.70. The smallest absolute Gasteiger partial charge is 0.350 e. The maximum Gasteiger partial charge on any atom is 0.350 e. The fourth-order valence-electron chi connectivity index (χ4n) is 3.06. The Labute approximate surface area is 153 Å². The number of hydrogen-bond donors (Lipinski definition) is 5. The topological polar surface area (TPSA) is 221 Å². The van der Waals surface area contributed by atoms with Gasteiger partial charge in [0.05, 0.1) is 25.2 Å². The van der Waals surface area contributed by atoms with Gasteiger partial charge in [-0.1, -0.05) is 0 Å². The van der Waals surface area contributed by atoms with E-state index in [4.69, 9.17) is 21.9 Å². The van der Waals surface area contributed by atoms with E-state index in [1.165, 1.54) is 12.3 Å². The number of carbonyl (C=O) groups is 2. The zero-order chi connectivity index (χ0) is 20.4. The van der Waals surface area contributed by atoms with Gasteiger partial charge in [-0.05, 0) is 12.5 Å². The van der Waals surface area contributed by atoms with Crippen molar-refractivity contribution in [3.63, 3.8) is 0 Å². The number of nitriles is 1. The third-order valence-electron chi connectivity index (χ3n) is 4.48. The van der Waals surface area contributed by atoms with E-state index >= 15 is 0 Å². The van der Waals surface area contributed by atoms with Crippen LogP contribution in [0.1, 0.15) is 12.8 Å². The maximum absolute atomic E-state index is 12.1. The van der Waals surface area contributed by atoms with Gasteiger partial charge >= 0.3 is 11.7 Å². The molecule has 146 valence electrons. The lowest BCUT2D eigenvalue weighted by molar-refractivity contribution is -0.149. The molecule has 0 aliphatic heterocycles. The number of aliphatic hydroxyl groups is 2. The minimum absolute atomic E-state index is 0.0636. The minimum atomic E-state index is -1.82. The van der Waals surface area contributed by atoms with Crippen molar-refractivity contribution >= 4 is 17.7 Å². The van der Waals surface area contributed by atoms with E-state index in [-0.39, 0.29) is 18.8 Å². The van der Waals surface area contributed by atoms with Crippen LogP contribution >= 0.6 is 0 Å². The molecule has 1 amide bonds. The number of hydrogen-bond acceptors (Lipinski definition) is 10. The van der Waals surface area contributed by atoms with E-state index in [1.807, 2.05) is 6.07 Å². The highest BCUT2D eigenvalue weighted by Crippen LogP contribution is 2.40. The molecule has 8 N–H and O–H groups in total. The van der Waals surface area contributed by atoms with Crippen LogP contribution < -0.4 is 22.9 Å². The van der Waals surface area contributed by atoms with E-state index in [1.54, 1.807) is 0 Å². The molecular weight excluding hydrogens is 360 g/mol. The Hall–Kier alpha value is -3.01. The molecule has 1 heterocycles. The number of carbonyl (C=O) groups excluding carboxylic acids is 2. The summed E-state index contributed by atoms with van der Waals surface area (Å²) in [6.07, 6.45) is -2.53. The zero-order valence-corrected chi connectivity index (χ0v) is 14.2. The number of aliphatic hydroxyl groups excluding tert-OH is 2. The molecule has 1 aliphatic carbocycles. The molecule has 0 saturated heterocycles. The quantitative estimate of drug-likeness (QED) is 0.307. The lowest BCUT2D eigenvalue weighted by Crippen LogP contribution is -2.48. The predicted octanol–water partition coefficient (Wildman–Crippen LogP) is -3.47. The van der Waals surface area contributed by atoms with Crippen LogP contribution in [0.15, 0.2) is 17.1 Å². The second-order valence-corrected chi connectivity index (χ2v) is 6.35. The summed E-state index contributed by atoms with van der Waals surface area (Å²) in [4.78, 5) is 38.2. The van der Waals surface area contributed by atoms with Crippen molar-refractivity contribution in [3.05, 3.63) is 22.7 Å². The standard InChI is InChI=1S/C15H20N6O6/c16-6-15(21-2-1-9(18)20-14(21)26)4-7(11(23)12(15)24)5-27-13(25)8(17)3-10(19)22/h1-2,7-8,11-12,23-24H,3-5,17H2,(H2,19,22)(H2,18,20,26)/t7-,8+,11?,12?,15+/m1/s1. The van der Waals surface area contributed by atoms with Gasteiger partial charge in [0.1, 0.15) is 18.0 Å². The summed E-state index contributed by atoms with van der Waals surface area (Å²) in [6, 6.07) is 1.85. The van der Waals surface area contributed by atoms with E-state index in [2.05, 4.69) is 4.98 Å². The lowest BCUT2D eigenvalue weighted by atomic mass is 9.95. The van der Waals surface area contributed by atoms with Gasteiger partial charge in [-0.15, -0.1) is 0 Å². The third-order valence-corrected chi connectivity index (χ3v) is 4.48. The Morgan fingerprint density at radius 3 is 2.74 bits per heavy atom. The van der Waals surface area contributed by atoms with E-state index in [9.17, 15) is 29.9 Å². The largest absolute Gasteiger partial charge is 0.464 e. The average molecular weight is 380 g/mol. The first-order valence-electron chi connectivity index (χ1n) is 7.96. The van der Waals surface area contributed by atoms with Gasteiger partial charge in [-0.3, -0.25) is 14.2 Å². The number of rotatable bonds is 6. The summed E-state index contributed by atoms with van der Waals surface area (Å²) < 4.78 is 5.84. The molecule has 2 rings (SSSR count). The summed E-state index contributed by atoms with van der Waals surface area (Å²) >= 11 is 0. The fourth-order valence-corrected chi connectivity index (χ4v) is 3.06. The molecule has 12 nitrogen and oxygen atoms in total. The van der Waals surface area contributed by atoms with Crippen molar-refractivity contribution in [3.8, 4) is 6.07 Å². The molecule has 2 unspecified atom stereocenters. The van der Waals surface area contributed by atoms with E-state index in [0.717, 1.165) is 4.57 Å². The molecule has 0 spiro atoms. The molecule has 0 radical (unpaired) electrons. The number of esters is 1. The number of nitrogen functional groups attached to an aromatic ring is 1. The molecule has 0 bridgehead atoms. The van der Waals surface area contributed by atoms with Gasteiger partial charge in [0.25, 0.3) is 0 Å². The van der Waals surface area contributed by atoms with Crippen molar-refractivity contribution in [2.24, 2.45) is 17.4 Å². The predicted molar refractivity (Wildman–Crippen MR) is 89.4 cm³/mol. The summed E-state index contributed by atoms with van der Waals surface area (Å²) in [5.74, 6) is -2.63. The van der Waals surface area contributed by atoms with Crippen LogP contribution in [0.2, 0.25) is 0 Å². The Bertz CT molecular complexity index is 835. The SMILES string of the molecule is N#C[C@@]1(n2ccc(N)nc2=O)C[C@H](COC(=O)[C@@H](N)CC(N)=O)C(O)C1O. The van der Waals surface area contributed by atoms with Gasteiger partial charge < -0.3 is 32.2 Å². The fraction of sp³-hybridized carbons (Fsp3) is 0.533. The highest BCUT2D eigenvalue weighted by Gasteiger charge is 2.55. The monoisotopic (exact) mass is 380 g/mol. The molecular formula is C15H20N6O6. The molecule has 27 heavy (non-hydrogen) atoms. The van der Waals surface area contributed by atoms with Crippen LogP contribution in [0.5, 0.6) is 0 Å².